The number of hydrogen-bond acceptors (Lipinski definition) is 3. The molecule has 130 valence electrons. The summed E-state index contributed by atoms with van der Waals surface area (Å²) >= 11 is 0. The van der Waals surface area contributed by atoms with Crippen molar-refractivity contribution in [1.29, 1.82) is 0 Å². The van der Waals surface area contributed by atoms with Gasteiger partial charge in [0, 0.05) is 22.5 Å². The van der Waals surface area contributed by atoms with E-state index in [4.69, 9.17) is 4.42 Å². The number of carbonyl (C=O) groups is 1. The minimum absolute atomic E-state index is 0. The Balaban J connectivity index is 0.00000169. The normalized spacial score (nSPS) is 27.7. The quantitative estimate of drug-likeness (QED) is 0.898. The fourth-order valence-corrected chi connectivity index (χ4v) is 4.40. The van der Waals surface area contributed by atoms with Crippen LogP contribution >= 0.6 is 12.4 Å². The third-order valence-corrected chi connectivity index (χ3v) is 5.90. The van der Waals surface area contributed by atoms with Crippen molar-refractivity contribution in [3.63, 3.8) is 0 Å². The second-order valence-corrected chi connectivity index (χ2v) is 7.56. The van der Waals surface area contributed by atoms with Gasteiger partial charge in [-0.3, -0.25) is 9.69 Å². The van der Waals surface area contributed by atoms with E-state index in [0.29, 0.717) is 11.5 Å². The predicted molar refractivity (Wildman–Crippen MR) is 97.8 cm³/mol. The molecule has 1 N–H and O–H groups in total. The average Bonchev–Trinajstić information content (AvgIpc) is 2.92. The minimum Gasteiger partial charge on any atom is -0.464 e. The van der Waals surface area contributed by atoms with Crippen molar-refractivity contribution in [1.82, 2.24) is 10.2 Å². The summed E-state index contributed by atoms with van der Waals surface area (Å²) in [6.45, 7) is 8.83. The van der Waals surface area contributed by atoms with Crippen molar-refractivity contribution < 1.29 is 9.21 Å². The van der Waals surface area contributed by atoms with Crippen LogP contribution in [-0.2, 0) is 0 Å². The topological polar surface area (TPSA) is 45.5 Å². The fourth-order valence-electron chi connectivity index (χ4n) is 4.40. The van der Waals surface area contributed by atoms with Crippen LogP contribution in [0.4, 0.5) is 0 Å². The largest absolute Gasteiger partial charge is 0.464 e. The summed E-state index contributed by atoms with van der Waals surface area (Å²) < 4.78 is 5.47. The number of fused-ring (bicyclic) bond motifs is 4. The maximum Gasteiger partial charge on any atom is 0.251 e. The Labute approximate surface area is 149 Å². The molecule has 1 atom stereocenters. The Bertz CT molecular complexity index is 760. The van der Waals surface area contributed by atoms with E-state index < -0.39 is 0 Å². The van der Waals surface area contributed by atoms with Gasteiger partial charge < -0.3 is 9.73 Å². The van der Waals surface area contributed by atoms with Gasteiger partial charge in [0.2, 0.25) is 0 Å². The number of amides is 1. The van der Waals surface area contributed by atoms with Gasteiger partial charge in [0.15, 0.2) is 0 Å². The molecule has 24 heavy (non-hydrogen) atoms. The van der Waals surface area contributed by atoms with E-state index in [1.165, 1.54) is 12.8 Å². The summed E-state index contributed by atoms with van der Waals surface area (Å²) in [6.07, 6.45) is 4.12. The van der Waals surface area contributed by atoms with Crippen LogP contribution in [0.15, 0.2) is 28.9 Å². The van der Waals surface area contributed by atoms with Crippen LogP contribution in [0.5, 0.6) is 0 Å². The molecule has 5 rings (SSSR count). The highest BCUT2D eigenvalue weighted by atomic mass is 35.5. The van der Waals surface area contributed by atoms with Crippen LogP contribution in [0.3, 0.4) is 0 Å². The van der Waals surface area contributed by atoms with Gasteiger partial charge in [-0.05, 0) is 76.4 Å². The summed E-state index contributed by atoms with van der Waals surface area (Å²) in [7, 11) is 0. The number of carbonyl (C=O) groups excluding carboxylic acids is 1. The molecular weight excluding hydrogens is 324 g/mol. The monoisotopic (exact) mass is 348 g/mol. The van der Waals surface area contributed by atoms with Crippen LogP contribution in [0.25, 0.3) is 11.0 Å². The zero-order valence-corrected chi connectivity index (χ0v) is 15.3. The first-order valence-electron chi connectivity index (χ1n) is 8.50. The highest BCUT2D eigenvalue weighted by molar-refractivity contribution is 5.98. The van der Waals surface area contributed by atoms with Crippen LogP contribution in [-0.4, -0.2) is 35.5 Å². The molecule has 0 spiro atoms. The number of halogens is 1. The fraction of sp³-hybridized carbons (Fsp3) is 0.526. The maximum atomic E-state index is 12.8. The molecule has 4 heterocycles. The van der Waals surface area contributed by atoms with Crippen LogP contribution in [0.1, 0.15) is 42.6 Å². The third kappa shape index (κ3) is 2.62. The molecular formula is C19H25ClN2O2. The zero-order valence-electron chi connectivity index (χ0n) is 14.5. The maximum absolute atomic E-state index is 12.8. The highest BCUT2D eigenvalue weighted by Crippen LogP contribution is 2.39. The van der Waals surface area contributed by atoms with Gasteiger partial charge in [-0.1, -0.05) is 0 Å². The molecule has 1 amide bonds. The lowest BCUT2D eigenvalue weighted by Crippen LogP contribution is -2.69. The molecule has 5 heteroatoms. The van der Waals surface area contributed by atoms with Gasteiger partial charge in [-0.2, -0.15) is 0 Å². The van der Waals surface area contributed by atoms with Crippen LogP contribution in [0.2, 0.25) is 0 Å². The Morgan fingerprint density at radius 2 is 2.00 bits per heavy atom. The van der Waals surface area contributed by atoms with Crippen molar-refractivity contribution in [2.75, 3.05) is 13.1 Å². The molecule has 0 aliphatic carbocycles. The number of nitrogens with zero attached hydrogens (tertiary/aromatic N) is 1. The lowest BCUT2D eigenvalue weighted by Gasteiger charge is -2.56. The van der Waals surface area contributed by atoms with Gasteiger partial charge in [0.25, 0.3) is 5.91 Å². The minimum atomic E-state index is 0. The predicted octanol–water partition coefficient (Wildman–Crippen LogP) is 3.77. The van der Waals surface area contributed by atoms with Crippen molar-refractivity contribution in [3.8, 4) is 0 Å². The van der Waals surface area contributed by atoms with Crippen molar-refractivity contribution >= 4 is 29.3 Å². The number of furan rings is 1. The molecule has 1 aromatic heterocycles. The Kier molecular flexibility index (Phi) is 4.39. The first-order chi connectivity index (χ1) is 11.0. The smallest absolute Gasteiger partial charge is 0.251 e. The van der Waals surface area contributed by atoms with E-state index in [-0.39, 0.29) is 29.9 Å². The van der Waals surface area contributed by atoms with E-state index in [9.17, 15) is 4.79 Å². The van der Waals surface area contributed by atoms with E-state index in [2.05, 4.69) is 24.1 Å². The standard InChI is InChI=1S/C19H24N2O2.ClH/c1-12-11-23-16-5-4-14(10-15(12)16)18(22)20-17-13-6-8-21(9-7-13)19(17,2)3;/h4-5,10-11,13,17H,6-9H2,1-3H3,(H,20,22);1H/t17-;/m1./s1. The van der Waals surface area contributed by atoms with Gasteiger partial charge >= 0.3 is 0 Å². The van der Waals surface area contributed by atoms with Crippen LogP contribution in [0, 0.1) is 12.8 Å². The van der Waals surface area contributed by atoms with Crippen molar-refractivity contribution in [2.45, 2.75) is 45.2 Å². The first-order valence-corrected chi connectivity index (χ1v) is 8.50. The van der Waals surface area contributed by atoms with Crippen LogP contribution < -0.4 is 5.32 Å². The molecule has 1 aromatic carbocycles. The second-order valence-electron chi connectivity index (χ2n) is 7.56. The number of hydrogen-bond donors (Lipinski definition) is 1. The Morgan fingerprint density at radius 3 is 2.67 bits per heavy atom. The molecule has 4 nitrogen and oxygen atoms in total. The lowest BCUT2D eigenvalue weighted by atomic mass is 9.72. The molecule has 3 saturated heterocycles. The summed E-state index contributed by atoms with van der Waals surface area (Å²) in [6, 6.07) is 5.91. The van der Waals surface area contributed by atoms with Gasteiger partial charge in [-0.15, -0.1) is 12.4 Å². The van der Waals surface area contributed by atoms with E-state index in [1.54, 1.807) is 6.26 Å². The van der Waals surface area contributed by atoms with Gasteiger partial charge in [-0.25, -0.2) is 0 Å². The van der Waals surface area contributed by atoms with Gasteiger partial charge in [0.05, 0.1) is 6.26 Å². The SMILES string of the molecule is Cc1coc2ccc(C(=O)N[C@@H]3C4CCN(CC4)C3(C)C)cc12.Cl. The molecule has 2 aromatic rings. The summed E-state index contributed by atoms with van der Waals surface area (Å²) in [5.74, 6) is 0.623. The third-order valence-electron chi connectivity index (χ3n) is 5.90. The molecule has 0 saturated carbocycles. The number of benzene rings is 1. The molecule has 0 unspecified atom stereocenters. The number of piperidine rings is 3. The van der Waals surface area contributed by atoms with Crippen molar-refractivity contribution in [2.24, 2.45) is 5.92 Å². The highest BCUT2D eigenvalue weighted by Gasteiger charge is 2.48. The molecule has 3 aliphatic heterocycles. The number of nitrogens with one attached hydrogen (secondary N) is 1. The second kappa shape index (κ2) is 6.08. The molecule has 3 aliphatic rings. The summed E-state index contributed by atoms with van der Waals surface area (Å²) in [5, 5.41) is 4.34. The molecule has 2 bridgehead atoms. The number of rotatable bonds is 2. The number of aryl methyl sites for hydroxylation is 1. The summed E-state index contributed by atoms with van der Waals surface area (Å²) in [5.41, 5.74) is 2.65. The lowest BCUT2D eigenvalue weighted by molar-refractivity contribution is -0.0378. The van der Waals surface area contributed by atoms with E-state index >= 15 is 0 Å². The first kappa shape index (κ1) is 17.3. The average molecular weight is 349 g/mol. The Morgan fingerprint density at radius 1 is 1.29 bits per heavy atom. The zero-order chi connectivity index (χ0) is 16.2. The van der Waals surface area contributed by atoms with Crippen molar-refractivity contribution in [3.05, 3.63) is 35.6 Å². The Hall–Kier alpha value is -1.52. The van der Waals surface area contributed by atoms with E-state index in [0.717, 1.165) is 29.6 Å². The molecule has 0 radical (unpaired) electrons. The summed E-state index contributed by atoms with van der Waals surface area (Å²) in [4.78, 5) is 15.3. The van der Waals surface area contributed by atoms with Gasteiger partial charge in [0.1, 0.15) is 5.58 Å². The molecule has 3 fully saturated rings. The van der Waals surface area contributed by atoms with E-state index in [1.807, 2.05) is 25.1 Å².